The van der Waals surface area contributed by atoms with Crippen LogP contribution >= 0.6 is 11.3 Å². The fourth-order valence-corrected chi connectivity index (χ4v) is 4.37. The van der Waals surface area contributed by atoms with Gasteiger partial charge >= 0.3 is 0 Å². The van der Waals surface area contributed by atoms with E-state index in [9.17, 15) is 14.4 Å². The van der Waals surface area contributed by atoms with Crippen LogP contribution in [0.2, 0.25) is 0 Å². The Bertz CT molecular complexity index is 1300. The summed E-state index contributed by atoms with van der Waals surface area (Å²) in [4.78, 5) is 41.7. The molecular formula is C28H27N3O4S. The molecule has 0 aliphatic heterocycles. The van der Waals surface area contributed by atoms with Crippen molar-refractivity contribution in [2.24, 2.45) is 0 Å². The van der Waals surface area contributed by atoms with Gasteiger partial charge in [-0.25, -0.2) is 0 Å². The molecule has 1 atom stereocenters. The van der Waals surface area contributed by atoms with Crippen molar-refractivity contribution in [3.63, 3.8) is 0 Å². The van der Waals surface area contributed by atoms with Crippen LogP contribution in [0.15, 0.2) is 88.9 Å². The molecule has 2 aromatic heterocycles. The second-order valence-corrected chi connectivity index (χ2v) is 9.32. The number of carbonyl (C=O) groups is 3. The molecule has 7 nitrogen and oxygen atoms in total. The second-order valence-electron chi connectivity index (χ2n) is 8.37. The SMILES string of the molecule is Cc1ccc([C@@H](C(=O)NCc2ccco2)N(C(=O)CNC(=O)c2cccs2)c2ccc(C)cc2)cc1. The van der Waals surface area contributed by atoms with Crippen molar-refractivity contribution < 1.29 is 18.8 Å². The Morgan fingerprint density at radius 1 is 0.889 bits per heavy atom. The average molecular weight is 502 g/mol. The number of carbonyl (C=O) groups excluding carboxylic acids is 3. The Balaban J connectivity index is 1.67. The number of hydrogen-bond acceptors (Lipinski definition) is 5. The summed E-state index contributed by atoms with van der Waals surface area (Å²) in [5.74, 6) is -0.518. The molecule has 184 valence electrons. The van der Waals surface area contributed by atoms with Crippen LogP contribution in [0.25, 0.3) is 0 Å². The van der Waals surface area contributed by atoms with Gasteiger partial charge in [0.05, 0.1) is 24.2 Å². The highest BCUT2D eigenvalue weighted by Gasteiger charge is 2.33. The minimum atomic E-state index is -0.964. The Morgan fingerprint density at radius 2 is 1.58 bits per heavy atom. The summed E-state index contributed by atoms with van der Waals surface area (Å²) in [7, 11) is 0. The molecule has 8 heteroatoms. The lowest BCUT2D eigenvalue weighted by molar-refractivity contribution is -0.126. The maximum atomic E-state index is 13.6. The maximum absolute atomic E-state index is 13.6. The van der Waals surface area contributed by atoms with Crippen LogP contribution in [0, 0.1) is 13.8 Å². The van der Waals surface area contributed by atoms with Gasteiger partial charge in [0.25, 0.3) is 5.91 Å². The van der Waals surface area contributed by atoms with E-state index < -0.39 is 11.9 Å². The van der Waals surface area contributed by atoms with Crippen molar-refractivity contribution in [2.75, 3.05) is 11.4 Å². The van der Waals surface area contributed by atoms with Gasteiger partial charge in [0, 0.05) is 5.69 Å². The van der Waals surface area contributed by atoms with Crippen molar-refractivity contribution in [3.8, 4) is 0 Å². The minimum Gasteiger partial charge on any atom is -0.467 e. The number of nitrogens with zero attached hydrogens (tertiary/aromatic N) is 1. The fraction of sp³-hybridized carbons (Fsp3) is 0.179. The van der Waals surface area contributed by atoms with Gasteiger partial charge < -0.3 is 15.1 Å². The lowest BCUT2D eigenvalue weighted by Gasteiger charge is -2.31. The Kier molecular flexibility index (Phi) is 7.97. The topological polar surface area (TPSA) is 91.7 Å². The number of hydrogen-bond donors (Lipinski definition) is 2. The summed E-state index contributed by atoms with van der Waals surface area (Å²) in [6.45, 7) is 3.82. The average Bonchev–Trinajstić information content (AvgIpc) is 3.60. The van der Waals surface area contributed by atoms with Crippen molar-refractivity contribution in [3.05, 3.63) is 112 Å². The number of benzene rings is 2. The second kappa shape index (κ2) is 11.5. The molecule has 0 aliphatic rings. The van der Waals surface area contributed by atoms with Crippen LogP contribution in [0.1, 0.15) is 38.2 Å². The van der Waals surface area contributed by atoms with E-state index in [-0.39, 0.29) is 24.9 Å². The van der Waals surface area contributed by atoms with Gasteiger partial charge in [0.1, 0.15) is 11.8 Å². The molecule has 0 radical (unpaired) electrons. The normalized spacial score (nSPS) is 11.5. The van der Waals surface area contributed by atoms with E-state index in [1.807, 2.05) is 50.2 Å². The van der Waals surface area contributed by atoms with Gasteiger partial charge in [0.2, 0.25) is 11.8 Å². The van der Waals surface area contributed by atoms with E-state index in [4.69, 9.17) is 4.42 Å². The number of furan rings is 1. The van der Waals surface area contributed by atoms with Gasteiger partial charge in [0.15, 0.2) is 0 Å². The summed E-state index contributed by atoms with van der Waals surface area (Å²) in [5.41, 5.74) is 3.25. The lowest BCUT2D eigenvalue weighted by atomic mass is 10.0. The number of thiophene rings is 1. The molecule has 2 aromatic carbocycles. The lowest BCUT2D eigenvalue weighted by Crippen LogP contribution is -2.47. The molecule has 36 heavy (non-hydrogen) atoms. The number of nitrogens with one attached hydrogen (secondary N) is 2. The van der Waals surface area contributed by atoms with Crippen LogP contribution < -0.4 is 15.5 Å². The molecule has 4 rings (SSSR count). The van der Waals surface area contributed by atoms with E-state index in [1.165, 1.54) is 22.5 Å². The van der Waals surface area contributed by atoms with Crippen LogP contribution in [0.4, 0.5) is 5.69 Å². The van der Waals surface area contributed by atoms with Gasteiger partial charge in [-0.3, -0.25) is 19.3 Å². The Morgan fingerprint density at radius 3 is 2.19 bits per heavy atom. The summed E-state index contributed by atoms with van der Waals surface area (Å²) in [5, 5.41) is 7.38. The van der Waals surface area contributed by atoms with Gasteiger partial charge in [-0.05, 0) is 55.1 Å². The monoisotopic (exact) mass is 501 g/mol. The third-order valence-electron chi connectivity index (χ3n) is 5.64. The molecule has 4 aromatic rings. The van der Waals surface area contributed by atoms with Crippen LogP contribution in [-0.4, -0.2) is 24.3 Å². The summed E-state index contributed by atoms with van der Waals surface area (Å²) in [6.07, 6.45) is 1.54. The Labute approximate surface area is 213 Å². The molecule has 0 spiro atoms. The third kappa shape index (κ3) is 6.09. The first-order valence-electron chi connectivity index (χ1n) is 11.5. The first-order chi connectivity index (χ1) is 17.4. The van der Waals surface area contributed by atoms with Gasteiger partial charge in [-0.1, -0.05) is 53.6 Å². The standard InChI is InChI=1S/C28H27N3O4S/c1-19-7-11-21(12-8-19)26(28(34)29-17-23-5-3-15-35-23)31(22-13-9-20(2)10-14-22)25(32)18-30-27(33)24-6-4-16-36-24/h3-16,26H,17-18H2,1-2H3,(H,29,34)(H,30,33)/t26-/m0/s1. The number of amides is 3. The largest absolute Gasteiger partial charge is 0.467 e. The molecule has 2 heterocycles. The molecule has 0 aliphatic carbocycles. The molecule has 0 bridgehead atoms. The zero-order chi connectivity index (χ0) is 25.5. The highest BCUT2D eigenvalue weighted by molar-refractivity contribution is 7.12. The van der Waals surface area contributed by atoms with Crippen molar-refractivity contribution >= 4 is 34.7 Å². The van der Waals surface area contributed by atoms with Crippen molar-refractivity contribution in [1.29, 1.82) is 0 Å². The molecular weight excluding hydrogens is 474 g/mol. The quantitative estimate of drug-likeness (QED) is 0.345. The third-order valence-corrected chi connectivity index (χ3v) is 6.51. The van der Waals surface area contributed by atoms with Crippen molar-refractivity contribution in [2.45, 2.75) is 26.4 Å². The molecule has 3 amide bonds. The highest BCUT2D eigenvalue weighted by Crippen LogP contribution is 2.29. The van der Waals surface area contributed by atoms with Crippen molar-refractivity contribution in [1.82, 2.24) is 10.6 Å². The van der Waals surface area contributed by atoms with Gasteiger partial charge in [-0.2, -0.15) is 0 Å². The first kappa shape index (κ1) is 24.9. The van der Waals surface area contributed by atoms with E-state index in [0.717, 1.165) is 11.1 Å². The zero-order valence-corrected chi connectivity index (χ0v) is 20.9. The minimum absolute atomic E-state index is 0.180. The predicted molar refractivity (Wildman–Crippen MR) is 140 cm³/mol. The molecule has 0 unspecified atom stereocenters. The highest BCUT2D eigenvalue weighted by atomic mass is 32.1. The van der Waals surface area contributed by atoms with E-state index in [2.05, 4.69) is 10.6 Å². The van der Waals surface area contributed by atoms with E-state index in [1.54, 1.807) is 41.8 Å². The van der Waals surface area contributed by atoms with Crippen LogP contribution in [-0.2, 0) is 16.1 Å². The maximum Gasteiger partial charge on any atom is 0.261 e. The van der Waals surface area contributed by atoms with Crippen LogP contribution in [0.5, 0.6) is 0 Å². The molecule has 0 saturated carbocycles. The molecule has 2 N–H and O–H groups in total. The fourth-order valence-electron chi connectivity index (χ4n) is 3.73. The zero-order valence-electron chi connectivity index (χ0n) is 20.1. The number of aryl methyl sites for hydroxylation is 2. The van der Waals surface area contributed by atoms with Gasteiger partial charge in [-0.15, -0.1) is 11.3 Å². The smallest absolute Gasteiger partial charge is 0.261 e. The van der Waals surface area contributed by atoms with Crippen LogP contribution in [0.3, 0.4) is 0 Å². The number of rotatable bonds is 9. The molecule has 0 fully saturated rings. The Hall–Kier alpha value is -4.17. The molecule has 0 saturated heterocycles. The van der Waals surface area contributed by atoms with E-state index >= 15 is 0 Å². The summed E-state index contributed by atoms with van der Waals surface area (Å²) < 4.78 is 5.35. The summed E-state index contributed by atoms with van der Waals surface area (Å²) in [6, 6.07) is 20.9. The summed E-state index contributed by atoms with van der Waals surface area (Å²) >= 11 is 1.29. The first-order valence-corrected chi connectivity index (χ1v) is 12.4. The van der Waals surface area contributed by atoms with E-state index in [0.29, 0.717) is 21.9 Å². The number of anilines is 1. The predicted octanol–water partition coefficient (Wildman–Crippen LogP) is 4.78.